The van der Waals surface area contributed by atoms with Crippen LogP contribution in [0.2, 0.25) is 0 Å². The van der Waals surface area contributed by atoms with Gasteiger partial charge in [0.2, 0.25) is 0 Å². The molecular formula is C30H50O3. The molecule has 0 aliphatic heterocycles. The molecule has 9 atom stereocenters. The highest BCUT2D eigenvalue weighted by Gasteiger charge is 2.64. The summed E-state index contributed by atoms with van der Waals surface area (Å²) in [6.07, 6.45) is 9.02. The Bertz CT molecular complexity index is 835. The van der Waals surface area contributed by atoms with E-state index in [4.69, 9.17) is 0 Å². The van der Waals surface area contributed by atoms with Crippen LogP contribution in [0.1, 0.15) is 107 Å². The molecule has 0 spiro atoms. The van der Waals surface area contributed by atoms with Gasteiger partial charge in [-0.25, -0.2) is 0 Å². The van der Waals surface area contributed by atoms with E-state index < -0.39 is 12.2 Å². The molecule has 2 saturated carbocycles. The molecule has 188 valence electrons. The zero-order chi connectivity index (χ0) is 24.6. The zero-order valence-corrected chi connectivity index (χ0v) is 22.5. The highest BCUT2D eigenvalue weighted by Crippen LogP contribution is 2.72. The third kappa shape index (κ3) is 3.54. The van der Waals surface area contributed by atoms with Crippen molar-refractivity contribution in [3.63, 3.8) is 0 Å². The molecule has 0 bridgehead atoms. The maximum atomic E-state index is 11.0. The Morgan fingerprint density at radius 1 is 1.00 bits per heavy atom. The lowest BCUT2D eigenvalue weighted by Crippen LogP contribution is -2.59. The third-order valence-electron chi connectivity index (χ3n) is 11.8. The molecule has 0 heterocycles. The first-order chi connectivity index (χ1) is 15.2. The van der Waals surface area contributed by atoms with Crippen LogP contribution >= 0.6 is 0 Å². The smallest absolute Gasteiger partial charge is 0.0853 e. The summed E-state index contributed by atoms with van der Waals surface area (Å²) in [5.74, 6) is 1.25. The largest absolute Gasteiger partial charge is 0.393 e. The molecule has 4 aliphatic carbocycles. The first kappa shape index (κ1) is 25.5. The molecule has 0 amide bonds. The summed E-state index contributed by atoms with van der Waals surface area (Å²) in [5, 5.41) is 32.7. The van der Waals surface area contributed by atoms with Crippen molar-refractivity contribution in [2.45, 2.75) is 125 Å². The van der Waals surface area contributed by atoms with Crippen LogP contribution in [0.3, 0.4) is 0 Å². The van der Waals surface area contributed by atoms with Gasteiger partial charge in [-0.05, 0) is 105 Å². The number of allylic oxidation sites excluding steroid dienone is 3. The molecule has 4 aliphatic rings. The Hall–Kier alpha value is -0.640. The molecule has 0 aromatic heterocycles. The van der Waals surface area contributed by atoms with Gasteiger partial charge in [0.15, 0.2) is 0 Å². The molecule has 2 fully saturated rings. The van der Waals surface area contributed by atoms with Crippen molar-refractivity contribution in [2.75, 3.05) is 0 Å². The number of rotatable bonds is 4. The predicted molar refractivity (Wildman–Crippen MR) is 136 cm³/mol. The highest BCUT2D eigenvalue weighted by molar-refractivity contribution is 5.39. The first-order valence-electron chi connectivity index (χ1n) is 13.6. The van der Waals surface area contributed by atoms with E-state index in [2.05, 4.69) is 61.5 Å². The quantitative estimate of drug-likeness (QED) is 0.426. The van der Waals surface area contributed by atoms with Gasteiger partial charge in [-0.3, -0.25) is 0 Å². The number of aliphatic hydroxyl groups is 3. The lowest BCUT2D eigenvalue weighted by atomic mass is 9.43. The molecule has 3 heteroatoms. The van der Waals surface area contributed by atoms with Gasteiger partial charge in [-0.1, -0.05) is 64.3 Å². The molecule has 3 nitrogen and oxygen atoms in total. The summed E-state index contributed by atoms with van der Waals surface area (Å²) in [6.45, 7) is 18.3. The van der Waals surface area contributed by atoms with E-state index in [1.165, 1.54) is 24.8 Å². The second-order valence-corrected chi connectivity index (χ2v) is 13.8. The first-order valence-corrected chi connectivity index (χ1v) is 13.6. The minimum Gasteiger partial charge on any atom is -0.393 e. The summed E-state index contributed by atoms with van der Waals surface area (Å²) in [7, 11) is 0. The lowest BCUT2D eigenvalue weighted by molar-refractivity contribution is -0.158. The van der Waals surface area contributed by atoms with E-state index in [0.29, 0.717) is 24.2 Å². The molecule has 0 saturated heterocycles. The topological polar surface area (TPSA) is 60.7 Å². The molecular weight excluding hydrogens is 408 g/mol. The Balaban J connectivity index is 1.69. The van der Waals surface area contributed by atoms with Gasteiger partial charge in [0.25, 0.3) is 0 Å². The SMILES string of the molecule is CC(C)=CC[C@@H](O)[C@@H](C)[C@H]1CC[C@@]2(C)C3=C(CC[C@]12C)[C@@]1(C)C[C@@H](O)[C@H](O)C(C)(C)[C@@H]1CC3. The van der Waals surface area contributed by atoms with E-state index in [1.807, 2.05) is 0 Å². The van der Waals surface area contributed by atoms with Crippen molar-refractivity contribution in [3.8, 4) is 0 Å². The van der Waals surface area contributed by atoms with E-state index in [1.54, 1.807) is 11.1 Å². The molecule has 0 unspecified atom stereocenters. The average molecular weight is 459 g/mol. The molecule has 3 N–H and O–H groups in total. The zero-order valence-electron chi connectivity index (χ0n) is 22.5. The fraction of sp³-hybridized carbons (Fsp3) is 0.867. The van der Waals surface area contributed by atoms with Gasteiger partial charge in [0, 0.05) is 0 Å². The monoisotopic (exact) mass is 458 g/mol. The van der Waals surface area contributed by atoms with Gasteiger partial charge in [-0.15, -0.1) is 0 Å². The van der Waals surface area contributed by atoms with Crippen molar-refractivity contribution in [3.05, 3.63) is 22.8 Å². The summed E-state index contributed by atoms with van der Waals surface area (Å²) < 4.78 is 0. The van der Waals surface area contributed by atoms with Crippen molar-refractivity contribution >= 4 is 0 Å². The van der Waals surface area contributed by atoms with Crippen molar-refractivity contribution < 1.29 is 15.3 Å². The van der Waals surface area contributed by atoms with Crippen molar-refractivity contribution in [1.82, 2.24) is 0 Å². The fourth-order valence-corrected chi connectivity index (χ4v) is 9.55. The Labute approximate surface area is 202 Å². The normalized spacial score (nSPS) is 46.2. The fourth-order valence-electron chi connectivity index (χ4n) is 9.55. The maximum Gasteiger partial charge on any atom is 0.0853 e. The standard InChI is InChI=1S/C30H50O3/c1-18(2)9-11-23(31)19(3)20-13-15-30(8)22-10-12-25-27(4,5)26(33)24(32)17-28(25,6)21(22)14-16-29(20,30)7/h9,19-20,23-26,31-33H,10-17H2,1-8H3/t19-,20+,23+,24+,25-,26-,28+,29+,30-/m0/s1. The van der Waals surface area contributed by atoms with Crippen molar-refractivity contribution in [1.29, 1.82) is 0 Å². The lowest BCUT2D eigenvalue weighted by Gasteiger charge is -2.63. The van der Waals surface area contributed by atoms with Crippen LogP contribution in [-0.4, -0.2) is 33.6 Å². The van der Waals surface area contributed by atoms with Crippen LogP contribution in [0.5, 0.6) is 0 Å². The second-order valence-electron chi connectivity index (χ2n) is 13.8. The van der Waals surface area contributed by atoms with Gasteiger partial charge < -0.3 is 15.3 Å². The third-order valence-corrected chi connectivity index (χ3v) is 11.8. The number of hydrogen-bond donors (Lipinski definition) is 3. The number of aliphatic hydroxyl groups excluding tert-OH is 3. The minimum absolute atomic E-state index is 0.0211. The maximum absolute atomic E-state index is 11.0. The van der Waals surface area contributed by atoms with Gasteiger partial charge in [-0.2, -0.15) is 0 Å². The summed E-state index contributed by atoms with van der Waals surface area (Å²) in [5.41, 5.74) is 4.68. The van der Waals surface area contributed by atoms with E-state index in [-0.39, 0.29) is 27.8 Å². The summed E-state index contributed by atoms with van der Waals surface area (Å²) in [6, 6.07) is 0. The molecule has 33 heavy (non-hydrogen) atoms. The average Bonchev–Trinajstić information content (AvgIpc) is 3.01. The Kier molecular flexibility index (Phi) is 6.33. The second kappa shape index (κ2) is 8.20. The predicted octanol–water partition coefficient (Wildman–Crippen LogP) is 6.42. The van der Waals surface area contributed by atoms with Crippen LogP contribution < -0.4 is 0 Å². The van der Waals surface area contributed by atoms with Crippen LogP contribution in [0.15, 0.2) is 22.8 Å². The van der Waals surface area contributed by atoms with Gasteiger partial charge >= 0.3 is 0 Å². The Morgan fingerprint density at radius 2 is 1.67 bits per heavy atom. The summed E-state index contributed by atoms with van der Waals surface area (Å²) >= 11 is 0. The summed E-state index contributed by atoms with van der Waals surface area (Å²) in [4.78, 5) is 0. The number of hydrogen-bond acceptors (Lipinski definition) is 3. The van der Waals surface area contributed by atoms with E-state index in [0.717, 1.165) is 25.7 Å². The van der Waals surface area contributed by atoms with Crippen LogP contribution in [0, 0.1) is 39.4 Å². The minimum atomic E-state index is -0.643. The highest BCUT2D eigenvalue weighted by atomic mass is 16.3. The van der Waals surface area contributed by atoms with Crippen molar-refractivity contribution in [2.24, 2.45) is 39.4 Å². The molecule has 0 radical (unpaired) electrons. The van der Waals surface area contributed by atoms with Gasteiger partial charge in [0.05, 0.1) is 18.3 Å². The van der Waals surface area contributed by atoms with Crippen LogP contribution in [-0.2, 0) is 0 Å². The van der Waals surface area contributed by atoms with E-state index >= 15 is 0 Å². The Morgan fingerprint density at radius 3 is 2.30 bits per heavy atom. The number of fused-ring (bicyclic) bond motifs is 4. The van der Waals surface area contributed by atoms with Crippen LogP contribution in [0.25, 0.3) is 0 Å². The molecule has 0 aromatic carbocycles. The molecule has 4 rings (SSSR count). The molecule has 0 aromatic rings. The van der Waals surface area contributed by atoms with Crippen LogP contribution in [0.4, 0.5) is 0 Å². The van der Waals surface area contributed by atoms with Gasteiger partial charge in [0.1, 0.15) is 0 Å². The van der Waals surface area contributed by atoms with E-state index in [9.17, 15) is 15.3 Å².